The van der Waals surface area contributed by atoms with Gasteiger partial charge in [-0.2, -0.15) is 5.10 Å². The van der Waals surface area contributed by atoms with Crippen molar-refractivity contribution in [3.05, 3.63) is 30.6 Å². The summed E-state index contributed by atoms with van der Waals surface area (Å²) in [5.74, 6) is -0.316. The zero-order valence-corrected chi connectivity index (χ0v) is 15.4. The standard InChI is InChI=1S/C15H22N4O4S2/c20-24(21,18-13-7-10-19-14(12-13)6-8-16-19)11-9-17-25(22,23)15-4-2-1-3-5-15/h6-8,10,12,15,17-18H,1-5,9,11H2. The highest BCUT2D eigenvalue weighted by molar-refractivity contribution is 7.93. The SMILES string of the molecule is O=S(=O)(CCNS(=O)(=O)C1CCCCC1)Nc1ccn2nccc2c1. The van der Waals surface area contributed by atoms with Gasteiger partial charge in [0.15, 0.2) is 0 Å². The third-order valence-corrected chi connectivity index (χ3v) is 7.58. The first-order valence-corrected chi connectivity index (χ1v) is 11.5. The number of aromatic nitrogens is 2. The normalized spacial score (nSPS) is 17.0. The summed E-state index contributed by atoms with van der Waals surface area (Å²) in [5, 5.41) is 3.64. The summed E-state index contributed by atoms with van der Waals surface area (Å²) in [7, 11) is -7.10. The summed E-state index contributed by atoms with van der Waals surface area (Å²) < 4.78 is 55.3. The monoisotopic (exact) mass is 386 g/mol. The lowest BCUT2D eigenvalue weighted by Crippen LogP contribution is -2.38. The van der Waals surface area contributed by atoms with Crippen LogP contribution in [0.15, 0.2) is 30.6 Å². The maximum Gasteiger partial charge on any atom is 0.234 e. The number of hydrogen-bond donors (Lipinski definition) is 2. The Balaban J connectivity index is 1.56. The zero-order valence-electron chi connectivity index (χ0n) is 13.8. The fourth-order valence-corrected chi connectivity index (χ4v) is 5.69. The molecule has 0 unspecified atom stereocenters. The number of nitrogens with one attached hydrogen (secondary N) is 2. The van der Waals surface area contributed by atoms with Crippen LogP contribution in [0.25, 0.3) is 5.52 Å². The molecule has 1 aliphatic carbocycles. The number of rotatable bonds is 7. The molecule has 3 rings (SSSR count). The molecule has 0 aliphatic heterocycles. The van der Waals surface area contributed by atoms with Gasteiger partial charge < -0.3 is 0 Å². The van der Waals surface area contributed by atoms with Crippen LogP contribution in [-0.2, 0) is 20.0 Å². The second-order valence-electron chi connectivity index (χ2n) is 6.24. The van der Waals surface area contributed by atoms with Crippen molar-refractivity contribution in [2.45, 2.75) is 37.4 Å². The molecule has 25 heavy (non-hydrogen) atoms. The van der Waals surface area contributed by atoms with Gasteiger partial charge in [0.05, 0.1) is 22.2 Å². The average Bonchev–Trinajstić information content (AvgIpc) is 3.02. The van der Waals surface area contributed by atoms with Crippen LogP contribution < -0.4 is 9.44 Å². The van der Waals surface area contributed by atoms with E-state index in [2.05, 4.69) is 14.5 Å². The minimum Gasteiger partial charge on any atom is -0.283 e. The van der Waals surface area contributed by atoms with E-state index in [4.69, 9.17) is 0 Å². The van der Waals surface area contributed by atoms with E-state index in [0.717, 1.165) is 24.8 Å². The molecule has 1 saturated carbocycles. The summed E-state index contributed by atoms with van der Waals surface area (Å²) in [6.07, 6.45) is 7.43. The van der Waals surface area contributed by atoms with Crippen LogP contribution in [0.5, 0.6) is 0 Å². The fourth-order valence-electron chi connectivity index (χ4n) is 3.03. The zero-order chi connectivity index (χ0) is 17.9. The maximum absolute atomic E-state index is 12.2. The number of anilines is 1. The number of nitrogens with zero attached hydrogens (tertiary/aromatic N) is 2. The fraction of sp³-hybridized carbons (Fsp3) is 0.533. The molecule has 0 aromatic carbocycles. The van der Waals surface area contributed by atoms with Crippen molar-refractivity contribution in [1.82, 2.24) is 14.3 Å². The summed E-state index contributed by atoms with van der Waals surface area (Å²) >= 11 is 0. The molecule has 1 fully saturated rings. The van der Waals surface area contributed by atoms with Crippen molar-refractivity contribution in [3.8, 4) is 0 Å². The lowest BCUT2D eigenvalue weighted by atomic mass is 10.0. The minimum atomic E-state index is -3.65. The lowest BCUT2D eigenvalue weighted by Gasteiger charge is -2.22. The van der Waals surface area contributed by atoms with Crippen molar-refractivity contribution in [1.29, 1.82) is 0 Å². The molecule has 1 aliphatic rings. The van der Waals surface area contributed by atoms with Crippen molar-refractivity contribution < 1.29 is 16.8 Å². The van der Waals surface area contributed by atoms with Gasteiger partial charge in [-0.25, -0.2) is 26.1 Å². The van der Waals surface area contributed by atoms with Crippen LogP contribution in [0, 0.1) is 0 Å². The summed E-state index contributed by atoms with van der Waals surface area (Å²) in [6.45, 7) is -0.136. The Morgan fingerprint density at radius 3 is 2.64 bits per heavy atom. The minimum absolute atomic E-state index is 0.136. The summed E-state index contributed by atoms with van der Waals surface area (Å²) in [4.78, 5) is 0. The molecule has 0 amide bonds. The largest absolute Gasteiger partial charge is 0.283 e. The van der Waals surface area contributed by atoms with Crippen LogP contribution in [0.2, 0.25) is 0 Å². The van der Waals surface area contributed by atoms with E-state index >= 15 is 0 Å². The van der Waals surface area contributed by atoms with Crippen LogP contribution in [0.4, 0.5) is 5.69 Å². The molecule has 0 saturated heterocycles. The molecule has 0 spiro atoms. The molecule has 2 N–H and O–H groups in total. The van der Waals surface area contributed by atoms with E-state index in [1.54, 1.807) is 35.1 Å². The van der Waals surface area contributed by atoms with Crippen molar-refractivity contribution >= 4 is 31.3 Å². The number of sulfonamides is 2. The molecule has 0 atom stereocenters. The second kappa shape index (κ2) is 7.30. The van der Waals surface area contributed by atoms with E-state index in [1.165, 1.54) is 0 Å². The molecule has 10 heteroatoms. The molecule has 138 valence electrons. The Labute approximate surface area is 147 Å². The second-order valence-corrected chi connectivity index (χ2v) is 10.1. The Morgan fingerprint density at radius 2 is 1.88 bits per heavy atom. The number of fused-ring (bicyclic) bond motifs is 1. The molecule has 2 heterocycles. The van der Waals surface area contributed by atoms with Crippen molar-refractivity contribution in [3.63, 3.8) is 0 Å². The maximum atomic E-state index is 12.2. The molecule has 0 radical (unpaired) electrons. The van der Waals surface area contributed by atoms with E-state index in [1.807, 2.05) is 0 Å². The Bertz CT molecular complexity index is 931. The van der Waals surface area contributed by atoms with Gasteiger partial charge in [0, 0.05) is 18.9 Å². The third-order valence-electron chi connectivity index (χ3n) is 4.34. The summed E-state index contributed by atoms with van der Waals surface area (Å²) in [6, 6.07) is 5.02. The highest BCUT2D eigenvalue weighted by Gasteiger charge is 2.27. The van der Waals surface area contributed by atoms with Gasteiger partial charge in [0.2, 0.25) is 20.0 Å². The quantitative estimate of drug-likeness (QED) is 0.746. The topological polar surface area (TPSA) is 110 Å². The first-order valence-electron chi connectivity index (χ1n) is 8.28. The Hall–Kier alpha value is -1.65. The van der Waals surface area contributed by atoms with Crippen LogP contribution in [0.3, 0.4) is 0 Å². The van der Waals surface area contributed by atoms with Crippen LogP contribution >= 0.6 is 0 Å². The molecule has 8 nitrogen and oxygen atoms in total. The Kier molecular flexibility index (Phi) is 5.30. The van der Waals surface area contributed by atoms with Gasteiger partial charge >= 0.3 is 0 Å². The first-order chi connectivity index (χ1) is 11.9. The van der Waals surface area contributed by atoms with E-state index in [9.17, 15) is 16.8 Å². The number of hydrogen-bond acceptors (Lipinski definition) is 5. The van der Waals surface area contributed by atoms with Gasteiger partial charge in [-0.3, -0.25) is 4.72 Å². The van der Waals surface area contributed by atoms with Gasteiger partial charge in [-0.05, 0) is 31.0 Å². The molecular weight excluding hydrogens is 364 g/mol. The van der Waals surface area contributed by atoms with Gasteiger partial charge in [-0.15, -0.1) is 0 Å². The summed E-state index contributed by atoms with van der Waals surface area (Å²) in [5.41, 5.74) is 1.18. The van der Waals surface area contributed by atoms with Crippen LogP contribution in [0.1, 0.15) is 32.1 Å². The smallest absolute Gasteiger partial charge is 0.234 e. The molecule has 2 aromatic rings. The predicted octanol–water partition coefficient (Wildman–Crippen LogP) is 1.33. The van der Waals surface area contributed by atoms with Crippen molar-refractivity contribution in [2.24, 2.45) is 0 Å². The van der Waals surface area contributed by atoms with Gasteiger partial charge in [0.1, 0.15) is 0 Å². The van der Waals surface area contributed by atoms with Gasteiger partial charge in [0.25, 0.3) is 0 Å². The third kappa shape index (κ3) is 4.71. The highest BCUT2D eigenvalue weighted by atomic mass is 32.2. The van der Waals surface area contributed by atoms with Gasteiger partial charge in [-0.1, -0.05) is 19.3 Å². The van der Waals surface area contributed by atoms with E-state index < -0.39 is 25.3 Å². The molecular formula is C15H22N4O4S2. The predicted molar refractivity (Wildman–Crippen MR) is 96.4 cm³/mol. The van der Waals surface area contributed by atoms with E-state index in [-0.39, 0.29) is 12.3 Å². The molecule has 0 bridgehead atoms. The van der Waals surface area contributed by atoms with Crippen LogP contribution in [-0.4, -0.2) is 44.0 Å². The molecule has 2 aromatic heterocycles. The highest BCUT2D eigenvalue weighted by Crippen LogP contribution is 2.22. The van der Waals surface area contributed by atoms with E-state index in [0.29, 0.717) is 18.5 Å². The average molecular weight is 386 g/mol. The lowest BCUT2D eigenvalue weighted by molar-refractivity contribution is 0.478. The number of pyridine rings is 1. The first kappa shape index (κ1) is 18.2. The van der Waals surface area contributed by atoms with Crippen molar-refractivity contribution in [2.75, 3.05) is 17.0 Å². The Morgan fingerprint density at radius 1 is 1.12 bits per heavy atom.